The van der Waals surface area contributed by atoms with Crippen molar-refractivity contribution in [3.63, 3.8) is 0 Å². The Balaban J connectivity index is 5.88. The SMILES string of the molecule is [C-]#[N+]C(C)C(C(=O)O)=C(C(=O)O)C(C)[N+]#[C-]. The molecule has 2 unspecified atom stereocenters. The molecule has 0 aliphatic rings. The molecule has 6 nitrogen and oxygen atoms in total. The standard InChI is InChI=1S/C10H10N2O4/c1-5(11-3)7(9(13)14)8(10(15)16)6(2)12-4/h5-6H,1-2H3,(H,13,14)(H,15,16). The Bertz CT molecular complexity index is 385. The molecule has 0 radical (unpaired) electrons. The van der Waals surface area contributed by atoms with Crippen LogP contribution in [0.4, 0.5) is 0 Å². The third-order valence-corrected chi connectivity index (χ3v) is 1.97. The van der Waals surface area contributed by atoms with Crippen molar-refractivity contribution in [3.8, 4) is 0 Å². The van der Waals surface area contributed by atoms with E-state index < -0.39 is 35.2 Å². The number of rotatable bonds is 4. The molecule has 0 heterocycles. The Labute approximate surface area is 92.5 Å². The summed E-state index contributed by atoms with van der Waals surface area (Å²) < 4.78 is 0. The van der Waals surface area contributed by atoms with Crippen LogP contribution in [0, 0.1) is 13.1 Å². The molecule has 0 fully saturated rings. The Morgan fingerprint density at radius 2 is 1.19 bits per heavy atom. The number of carboxylic acid groups (broad SMARTS) is 2. The minimum Gasteiger partial charge on any atom is -0.478 e. The van der Waals surface area contributed by atoms with Gasteiger partial charge in [-0.2, -0.15) is 0 Å². The zero-order valence-electron chi connectivity index (χ0n) is 8.76. The average molecular weight is 222 g/mol. The maximum absolute atomic E-state index is 10.9. The molecule has 2 atom stereocenters. The fraction of sp³-hybridized carbons (Fsp3) is 0.400. The van der Waals surface area contributed by atoms with E-state index in [1.165, 1.54) is 13.8 Å². The van der Waals surface area contributed by atoms with Crippen LogP contribution in [0.2, 0.25) is 0 Å². The number of carbonyl (C=O) groups is 2. The number of hydrogen-bond acceptors (Lipinski definition) is 2. The number of nitrogens with zero attached hydrogens (tertiary/aromatic N) is 2. The predicted molar refractivity (Wildman–Crippen MR) is 54.4 cm³/mol. The van der Waals surface area contributed by atoms with Gasteiger partial charge in [0, 0.05) is 13.8 Å². The molecule has 0 saturated carbocycles. The first-order valence-electron chi connectivity index (χ1n) is 4.30. The smallest absolute Gasteiger partial charge is 0.340 e. The Kier molecular flexibility index (Phi) is 4.71. The lowest BCUT2D eigenvalue weighted by Gasteiger charge is -2.07. The normalized spacial score (nSPS) is 15.0. The van der Waals surface area contributed by atoms with Crippen LogP contribution in [0.25, 0.3) is 9.69 Å². The van der Waals surface area contributed by atoms with Crippen LogP contribution in [0.5, 0.6) is 0 Å². The van der Waals surface area contributed by atoms with Crippen LogP contribution in [0.1, 0.15) is 13.8 Å². The highest BCUT2D eigenvalue weighted by atomic mass is 16.4. The summed E-state index contributed by atoms with van der Waals surface area (Å²) in [5, 5.41) is 17.7. The van der Waals surface area contributed by atoms with E-state index >= 15 is 0 Å². The van der Waals surface area contributed by atoms with Gasteiger partial charge < -0.3 is 19.9 Å². The summed E-state index contributed by atoms with van der Waals surface area (Å²) in [6, 6.07) is -2.18. The second kappa shape index (κ2) is 5.52. The Hall–Kier alpha value is -2.34. The van der Waals surface area contributed by atoms with Crippen molar-refractivity contribution < 1.29 is 19.8 Å². The lowest BCUT2D eigenvalue weighted by atomic mass is 9.97. The summed E-state index contributed by atoms with van der Waals surface area (Å²) in [5.41, 5.74) is -1.04. The summed E-state index contributed by atoms with van der Waals surface area (Å²) in [5.74, 6) is -2.95. The van der Waals surface area contributed by atoms with E-state index in [1.807, 2.05) is 0 Å². The minimum atomic E-state index is -1.48. The lowest BCUT2D eigenvalue weighted by Crippen LogP contribution is -2.23. The van der Waals surface area contributed by atoms with Gasteiger partial charge in [-0.3, -0.25) is 0 Å². The average Bonchev–Trinajstić information content (AvgIpc) is 2.22. The fourth-order valence-electron chi connectivity index (χ4n) is 1.17. The highest BCUT2D eigenvalue weighted by molar-refractivity contribution is 6.01. The van der Waals surface area contributed by atoms with Gasteiger partial charge in [-0.05, 0) is 0 Å². The molecule has 0 spiro atoms. The zero-order valence-corrected chi connectivity index (χ0v) is 8.76. The molecule has 0 aromatic rings. The van der Waals surface area contributed by atoms with Crippen molar-refractivity contribution in [2.45, 2.75) is 25.9 Å². The first-order valence-corrected chi connectivity index (χ1v) is 4.30. The van der Waals surface area contributed by atoms with E-state index in [4.69, 9.17) is 23.4 Å². The third kappa shape index (κ3) is 2.82. The second-order valence-electron chi connectivity index (χ2n) is 3.05. The van der Waals surface area contributed by atoms with E-state index in [-0.39, 0.29) is 0 Å². The molecule has 0 amide bonds. The molecule has 0 aromatic heterocycles. The summed E-state index contributed by atoms with van der Waals surface area (Å²) in [6.07, 6.45) is 0. The molecule has 0 bridgehead atoms. The number of hydrogen-bond donors (Lipinski definition) is 2. The monoisotopic (exact) mass is 222 g/mol. The van der Waals surface area contributed by atoms with Crippen LogP contribution < -0.4 is 0 Å². The molecule has 2 N–H and O–H groups in total. The van der Waals surface area contributed by atoms with Crippen molar-refractivity contribution >= 4 is 11.9 Å². The first-order chi connectivity index (χ1) is 7.36. The van der Waals surface area contributed by atoms with Gasteiger partial charge in [-0.15, -0.1) is 0 Å². The van der Waals surface area contributed by atoms with Crippen molar-refractivity contribution in [2.75, 3.05) is 0 Å². The topological polar surface area (TPSA) is 83.3 Å². The first kappa shape index (κ1) is 13.7. The number of carboxylic acids is 2. The molecule has 6 heteroatoms. The molecule has 0 saturated heterocycles. The van der Waals surface area contributed by atoms with Crippen molar-refractivity contribution in [1.29, 1.82) is 0 Å². The van der Waals surface area contributed by atoms with Crippen molar-refractivity contribution in [2.24, 2.45) is 0 Å². The third-order valence-electron chi connectivity index (χ3n) is 1.97. The highest BCUT2D eigenvalue weighted by Gasteiger charge is 2.34. The molecule has 0 aliphatic carbocycles. The van der Waals surface area contributed by atoms with Gasteiger partial charge in [0.05, 0.1) is 0 Å². The molecule has 0 aromatic carbocycles. The van der Waals surface area contributed by atoms with E-state index in [0.717, 1.165) is 0 Å². The second-order valence-corrected chi connectivity index (χ2v) is 3.05. The Morgan fingerprint density at radius 3 is 1.31 bits per heavy atom. The van der Waals surface area contributed by atoms with Gasteiger partial charge >= 0.3 is 11.9 Å². The van der Waals surface area contributed by atoms with Crippen LogP contribution in [-0.2, 0) is 9.59 Å². The van der Waals surface area contributed by atoms with Crippen molar-refractivity contribution in [3.05, 3.63) is 34.0 Å². The molecular weight excluding hydrogens is 212 g/mol. The maximum atomic E-state index is 10.9. The zero-order chi connectivity index (χ0) is 12.9. The lowest BCUT2D eigenvalue weighted by molar-refractivity contribution is -0.136. The summed E-state index contributed by atoms with van der Waals surface area (Å²) in [6.45, 7) is 16.0. The molecule has 0 aliphatic heterocycles. The van der Waals surface area contributed by atoms with Gasteiger partial charge in [-0.1, -0.05) is 0 Å². The van der Waals surface area contributed by atoms with Crippen molar-refractivity contribution in [1.82, 2.24) is 0 Å². The van der Waals surface area contributed by atoms with Crippen LogP contribution in [0.15, 0.2) is 11.1 Å². The molecule has 0 rings (SSSR count). The van der Waals surface area contributed by atoms with Gasteiger partial charge in [0.15, 0.2) is 0 Å². The van der Waals surface area contributed by atoms with Crippen LogP contribution in [0.3, 0.4) is 0 Å². The van der Waals surface area contributed by atoms with Crippen LogP contribution >= 0.6 is 0 Å². The van der Waals surface area contributed by atoms with E-state index in [9.17, 15) is 9.59 Å². The fourth-order valence-corrected chi connectivity index (χ4v) is 1.17. The molecular formula is C10H10N2O4. The molecule has 16 heavy (non-hydrogen) atoms. The Morgan fingerprint density at radius 1 is 0.938 bits per heavy atom. The quantitative estimate of drug-likeness (QED) is 0.550. The van der Waals surface area contributed by atoms with Gasteiger partial charge in [0.25, 0.3) is 12.1 Å². The largest absolute Gasteiger partial charge is 0.478 e. The van der Waals surface area contributed by atoms with Gasteiger partial charge in [-0.25, -0.2) is 22.7 Å². The summed E-state index contributed by atoms with van der Waals surface area (Å²) in [4.78, 5) is 27.7. The van der Waals surface area contributed by atoms with Crippen LogP contribution in [-0.4, -0.2) is 34.2 Å². The van der Waals surface area contributed by atoms with Gasteiger partial charge in [0.2, 0.25) is 0 Å². The predicted octanol–water partition coefficient (Wildman–Crippen LogP) is 1.07. The van der Waals surface area contributed by atoms with E-state index in [0.29, 0.717) is 0 Å². The van der Waals surface area contributed by atoms with Gasteiger partial charge in [0.1, 0.15) is 11.1 Å². The number of aliphatic carboxylic acids is 2. The maximum Gasteiger partial charge on any atom is 0.340 e. The van der Waals surface area contributed by atoms with E-state index in [2.05, 4.69) is 9.69 Å². The highest BCUT2D eigenvalue weighted by Crippen LogP contribution is 2.18. The molecule has 84 valence electrons. The summed E-state index contributed by atoms with van der Waals surface area (Å²) >= 11 is 0. The summed E-state index contributed by atoms with van der Waals surface area (Å²) in [7, 11) is 0. The van der Waals surface area contributed by atoms with E-state index in [1.54, 1.807) is 0 Å². The minimum absolute atomic E-state index is 0.522.